The van der Waals surface area contributed by atoms with E-state index in [4.69, 9.17) is 22.0 Å². The Bertz CT molecular complexity index is 1150. The van der Waals surface area contributed by atoms with Gasteiger partial charge in [-0.25, -0.2) is 0 Å². The maximum atomic E-state index is 11.0. The van der Waals surface area contributed by atoms with Crippen molar-refractivity contribution in [1.29, 1.82) is 5.41 Å². The highest BCUT2D eigenvalue weighted by Gasteiger charge is 2.14. The molecule has 3 rings (SSSR count). The first-order valence-corrected chi connectivity index (χ1v) is 10.8. The van der Waals surface area contributed by atoms with Crippen LogP contribution in [0.15, 0.2) is 78.9 Å². The van der Waals surface area contributed by atoms with Crippen LogP contribution in [0.1, 0.15) is 50.9 Å². The van der Waals surface area contributed by atoms with Crippen LogP contribution in [-0.2, 0) is 4.79 Å². The standard InChI is InChI=1S/C26H25N3O.C2H6O.H2O.2H2/c1-2-23(19-6-4-3-5-7-19)26(21-13-14-24(28)22(16-21)17-27)20-11-8-18(9-12-20)10-15-25(29)30;1-2-3;;;/h3-17,27H,2,28H2,1H3,(H2,29,30);3H,2H2,1H3;1H2;2*1H/b15-10+,26-23+,27-17?;;;;. The van der Waals surface area contributed by atoms with Crippen LogP contribution in [0.3, 0.4) is 0 Å². The Labute approximate surface area is 204 Å². The van der Waals surface area contributed by atoms with E-state index in [0.29, 0.717) is 11.3 Å². The smallest absolute Gasteiger partial charge is 0.241 e. The summed E-state index contributed by atoms with van der Waals surface area (Å²) in [6.07, 6.45) is 5.17. The van der Waals surface area contributed by atoms with Gasteiger partial charge in [-0.3, -0.25) is 4.79 Å². The summed E-state index contributed by atoms with van der Waals surface area (Å²) in [5, 5.41) is 15.3. The summed E-state index contributed by atoms with van der Waals surface area (Å²) in [6.45, 7) is 4.07. The van der Waals surface area contributed by atoms with Gasteiger partial charge in [-0.1, -0.05) is 67.6 Å². The number of aliphatic hydroxyl groups excluding tert-OH is 1. The summed E-state index contributed by atoms with van der Waals surface area (Å²) >= 11 is 0. The molecule has 0 heterocycles. The summed E-state index contributed by atoms with van der Waals surface area (Å²) in [4.78, 5) is 11.0. The van der Waals surface area contributed by atoms with E-state index in [0.717, 1.165) is 34.2 Å². The minimum atomic E-state index is -0.474. The molecule has 8 N–H and O–H groups in total. The van der Waals surface area contributed by atoms with Crippen molar-refractivity contribution in [1.82, 2.24) is 0 Å². The van der Waals surface area contributed by atoms with Crippen molar-refractivity contribution in [2.45, 2.75) is 20.3 Å². The van der Waals surface area contributed by atoms with Crippen LogP contribution in [0.5, 0.6) is 0 Å². The predicted octanol–water partition coefficient (Wildman–Crippen LogP) is 4.80. The van der Waals surface area contributed by atoms with Gasteiger partial charge in [-0.2, -0.15) is 0 Å². The highest BCUT2D eigenvalue weighted by atomic mass is 16.2. The molecule has 0 aromatic heterocycles. The number of anilines is 1. The van der Waals surface area contributed by atoms with Crippen LogP contribution >= 0.6 is 0 Å². The van der Waals surface area contributed by atoms with Crippen molar-refractivity contribution in [3.63, 3.8) is 0 Å². The van der Waals surface area contributed by atoms with E-state index in [2.05, 4.69) is 19.1 Å². The molecular weight excluding hydrogens is 426 g/mol. The van der Waals surface area contributed by atoms with Crippen LogP contribution in [0.2, 0.25) is 0 Å². The predicted molar refractivity (Wildman–Crippen MR) is 147 cm³/mol. The lowest BCUT2D eigenvalue weighted by Crippen LogP contribution is -2.05. The minimum absolute atomic E-state index is 0. The van der Waals surface area contributed by atoms with Gasteiger partial charge in [-0.15, -0.1) is 0 Å². The molecule has 0 atom stereocenters. The van der Waals surface area contributed by atoms with Crippen LogP contribution in [0, 0.1) is 5.41 Å². The number of allylic oxidation sites excluding steroid dienone is 1. The number of rotatable bonds is 7. The van der Waals surface area contributed by atoms with E-state index in [1.54, 1.807) is 13.0 Å². The van der Waals surface area contributed by atoms with Gasteiger partial charge >= 0.3 is 0 Å². The molecule has 182 valence electrons. The number of benzene rings is 3. The molecule has 3 aromatic rings. The first-order chi connectivity index (χ1) is 15.9. The van der Waals surface area contributed by atoms with Crippen molar-refractivity contribution >= 4 is 35.0 Å². The Morgan fingerprint density at radius 3 is 2.09 bits per heavy atom. The second kappa shape index (κ2) is 14.2. The van der Waals surface area contributed by atoms with Crippen molar-refractivity contribution < 1.29 is 18.2 Å². The largest absolute Gasteiger partial charge is 0.412 e. The Morgan fingerprint density at radius 2 is 1.56 bits per heavy atom. The maximum Gasteiger partial charge on any atom is 0.241 e. The summed E-state index contributed by atoms with van der Waals surface area (Å²) in [5.74, 6) is -0.474. The monoisotopic (exact) mass is 463 g/mol. The fraction of sp³-hybridized carbons (Fsp3) is 0.143. The lowest BCUT2D eigenvalue weighted by atomic mass is 9.87. The molecule has 0 bridgehead atoms. The zero-order valence-electron chi connectivity index (χ0n) is 19.6. The van der Waals surface area contributed by atoms with E-state index < -0.39 is 5.91 Å². The van der Waals surface area contributed by atoms with Crippen LogP contribution in [0.4, 0.5) is 5.69 Å². The number of nitrogens with one attached hydrogen (secondary N) is 1. The number of nitrogens with two attached hydrogens (primary N) is 2. The molecule has 0 saturated heterocycles. The van der Waals surface area contributed by atoms with Gasteiger partial charge in [0.2, 0.25) is 5.91 Å². The number of carbonyl (C=O) groups excluding carboxylic acids is 1. The van der Waals surface area contributed by atoms with Gasteiger partial charge in [-0.05, 0) is 65.0 Å². The van der Waals surface area contributed by atoms with Crippen molar-refractivity contribution in [3.05, 3.63) is 107 Å². The van der Waals surface area contributed by atoms with Gasteiger partial charge in [0.1, 0.15) is 0 Å². The van der Waals surface area contributed by atoms with E-state index in [1.807, 2.05) is 60.7 Å². The highest BCUT2D eigenvalue weighted by molar-refractivity contribution is 6.00. The first-order valence-electron chi connectivity index (χ1n) is 10.8. The number of hydrogen-bond donors (Lipinski definition) is 4. The molecule has 0 spiro atoms. The third-order valence-corrected chi connectivity index (χ3v) is 4.95. The van der Waals surface area contributed by atoms with Gasteiger partial charge in [0.05, 0.1) is 0 Å². The summed E-state index contributed by atoms with van der Waals surface area (Å²) in [7, 11) is 0. The topological polar surface area (TPSA) is 145 Å². The number of carbonyl (C=O) groups is 1. The summed E-state index contributed by atoms with van der Waals surface area (Å²) in [6, 6.07) is 24.1. The number of amides is 1. The molecule has 0 unspecified atom stereocenters. The third-order valence-electron chi connectivity index (χ3n) is 4.95. The average molecular weight is 464 g/mol. The van der Waals surface area contributed by atoms with Crippen LogP contribution in [-0.4, -0.2) is 29.3 Å². The number of aliphatic hydroxyl groups is 1. The average Bonchev–Trinajstić information content (AvgIpc) is 2.83. The SMILES string of the molecule is CC/C(=C(/c1ccc(/C=C/C(N)=O)cc1)c1ccc(N)c(C=N)c1)c1ccccc1.CCO.O.[HH].[HH]. The highest BCUT2D eigenvalue weighted by Crippen LogP contribution is 2.35. The van der Waals surface area contributed by atoms with Gasteiger partial charge in [0.15, 0.2) is 0 Å². The number of primary amides is 1. The Morgan fingerprint density at radius 1 is 0.971 bits per heavy atom. The van der Waals surface area contributed by atoms with E-state index >= 15 is 0 Å². The Balaban J connectivity index is 0. The Hall–Kier alpha value is -4.00. The zero-order valence-corrected chi connectivity index (χ0v) is 19.6. The summed E-state index contributed by atoms with van der Waals surface area (Å²) in [5.41, 5.74) is 18.9. The molecule has 0 fully saturated rings. The molecule has 34 heavy (non-hydrogen) atoms. The first kappa shape index (κ1) is 28.0. The maximum absolute atomic E-state index is 11.0. The molecule has 1 amide bonds. The lowest BCUT2D eigenvalue weighted by molar-refractivity contribution is -0.113. The van der Waals surface area contributed by atoms with Crippen molar-refractivity contribution in [2.24, 2.45) is 5.73 Å². The molecule has 0 aliphatic carbocycles. The molecule has 0 radical (unpaired) electrons. The fourth-order valence-corrected chi connectivity index (χ4v) is 3.47. The normalized spacial score (nSPS) is 11.0. The van der Waals surface area contributed by atoms with Crippen molar-refractivity contribution in [3.8, 4) is 0 Å². The fourth-order valence-electron chi connectivity index (χ4n) is 3.47. The van der Waals surface area contributed by atoms with Crippen LogP contribution in [0.25, 0.3) is 17.2 Å². The van der Waals surface area contributed by atoms with E-state index in [-0.39, 0.29) is 14.9 Å². The quantitative estimate of drug-likeness (QED) is 0.173. The molecule has 0 aliphatic heterocycles. The van der Waals surface area contributed by atoms with E-state index in [1.165, 1.54) is 17.9 Å². The molecule has 0 aliphatic rings. The molecular formula is C28H37N3O3. The second-order valence-corrected chi connectivity index (χ2v) is 7.24. The molecule has 0 saturated carbocycles. The molecule has 6 nitrogen and oxygen atoms in total. The van der Waals surface area contributed by atoms with Gasteiger partial charge in [0.25, 0.3) is 0 Å². The number of hydrogen-bond acceptors (Lipinski definition) is 4. The van der Waals surface area contributed by atoms with E-state index in [9.17, 15) is 4.79 Å². The van der Waals surface area contributed by atoms with Crippen LogP contribution < -0.4 is 11.5 Å². The van der Waals surface area contributed by atoms with Gasteiger partial charge < -0.3 is 27.5 Å². The number of nitrogen functional groups attached to an aromatic ring is 1. The zero-order chi connectivity index (χ0) is 24.2. The lowest BCUT2D eigenvalue weighted by Gasteiger charge is -2.17. The summed E-state index contributed by atoms with van der Waals surface area (Å²) < 4.78 is 0. The minimum Gasteiger partial charge on any atom is -0.412 e. The van der Waals surface area contributed by atoms with Crippen molar-refractivity contribution in [2.75, 3.05) is 12.3 Å². The molecule has 3 aromatic carbocycles. The molecule has 6 heteroatoms. The Kier molecular flexibility index (Phi) is 11.7. The van der Waals surface area contributed by atoms with Gasteiger partial charge in [0, 0.05) is 33.0 Å². The third kappa shape index (κ3) is 7.55. The second-order valence-electron chi connectivity index (χ2n) is 7.24.